The van der Waals surface area contributed by atoms with E-state index in [-0.39, 0.29) is 0 Å². The topological polar surface area (TPSA) is 9.23 Å². The number of rotatable bonds is 7. The van der Waals surface area contributed by atoms with E-state index < -0.39 is 11.7 Å². The van der Waals surface area contributed by atoms with Crippen LogP contribution in [0.5, 0.6) is 5.75 Å². The van der Waals surface area contributed by atoms with Gasteiger partial charge in [-0.1, -0.05) is 28.8 Å². The molecular formula is C13H16BrF3O. The van der Waals surface area contributed by atoms with Crippen LogP contribution < -0.4 is 4.74 Å². The molecule has 0 saturated carbocycles. The van der Waals surface area contributed by atoms with Crippen LogP contribution in [0.4, 0.5) is 13.2 Å². The molecule has 5 heteroatoms. The zero-order valence-corrected chi connectivity index (χ0v) is 11.6. The minimum absolute atomic E-state index is 0.489. The molecule has 1 aromatic carbocycles. The standard InChI is InChI=1S/C13H16BrF3O/c14-9-3-1-2-4-10-18-12-7-5-11(6-8-12)13(15,16)17/h5-8H,1-4,9-10H2. The quantitative estimate of drug-likeness (QED) is 0.504. The number of ether oxygens (including phenoxy) is 1. The summed E-state index contributed by atoms with van der Waals surface area (Å²) in [5, 5.41) is 1.01. The van der Waals surface area contributed by atoms with Crippen LogP contribution in [0.15, 0.2) is 24.3 Å². The first-order chi connectivity index (χ1) is 8.54. The van der Waals surface area contributed by atoms with Crippen molar-refractivity contribution in [2.45, 2.75) is 31.9 Å². The van der Waals surface area contributed by atoms with E-state index in [0.717, 1.165) is 43.1 Å². The number of hydrogen-bond acceptors (Lipinski definition) is 1. The van der Waals surface area contributed by atoms with Gasteiger partial charge in [0.15, 0.2) is 0 Å². The Morgan fingerprint density at radius 1 is 0.944 bits per heavy atom. The second-order valence-corrected chi connectivity index (χ2v) is 4.77. The molecule has 1 rings (SSSR count). The summed E-state index contributed by atoms with van der Waals surface area (Å²) in [5.74, 6) is 0.489. The van der Waals surface area contributed by atoms with Crippen LogP contribution in [0, 0.1) is 0 Å². The first-order valence-corrected chi connectivity index (χ1v) is 7.02. The van der Waals surface area contributed by atoms with Crippen molar-refractivity contribution in [3.8, 4) is 5.75 Å². The van der Waals surface area contributed by atoms with E-state index in [4.69, 9.17) is 4.74 Å². The number of halogens is 4. The highest BCUT2D eigenvalue weighted by atomic mass is 79.9. The molecule has 0 amide bonds. The van der Waals surface area contributed by atoms with Crippen molar-refractivity contribution in [1.29, 1.82) is 0 Å². The van der Waals surface area contributed by atoms with Crippen LogP contribution in [0.25, 0.3) is 0 Å². The van der Waals surface area contributed by atoms with E-state index in [2.05, 4.69) is 15.9 Å². The Labute approximate surface area is 113 Å². The van der Waals surface area contributed by atoms with Crippen LogP contribution in [0.2, 0.25) is 0 Å². The van der Waals surface area contributed by atoms with E-state index in [9.17, 15) is 13.2 Å². The monoisotopic (exact) mass is 324 g/mol. The third kappa shape index (κ3) is 5.76. The van der Waals surface area contributed by atoms with Crippen molar-refractivity contribution < 1.29 is 17.9 Å². The summed E-state index contributed by atoms with van der Waals surface area (Å²) >= 11 is 3.35. The average Bonchev–Trinajstić information content (AvgIpc) is 2.33. The molecule has 0 aromatic heterocycles. The fourth-order valence-electron chi connectivity index (χ4n) is 1.48. The zero-order valence-electron chi connectivity index (χ0n) is 9.97. The van der Waals surface area contributed by atoms with Gasteiger partial charge in [0, 0.05) is 5.33 Å². The molecule has 0 radical (unpaired) electrons. The third-order valence-corrected chi connectivity index (χ3v) is 3.04. The lowest BCUT2D eigenvalue weighted by atomic mass is 10.2. The summed E-state index contributed by atoms with van der Waals surface area (Å²) < 4.78 is 42.3. The van der Waals surface area contributed by atoms with Gasteiger partial charge >= 0.3 is 6.18 Å². The number of unbranched alkanes of at least 4 members (excludes halogenated alkanes) is 3. The number of hydrogen-bond donors (Lipinski definition) is 0. The molecule has 0 heterocycles. The highest BCUT2D eigenvalue weighted by Gasteiger charge is 2.29. The molecule has 18 heavy (non-hydrogen) atoms. The van der Waals surface area contributed by atoms with Gasteiger partial charge in [-0.05, 0) is 37.1 Å². The Balaban J connectivity index is 2.27. The van der Waals surface area contributed by atoms with Crippen LogP contribution >= 0.6 is 15.9 Å². The molecule has 1 nitrogen and oxygen atoms in total. The van der Waals surface area contributed by atoms with Gasteiger partial charge in [-0.15, -0.1) is 0 Å². The van der Waals surface area contributed by atoms with Gasteiger partial charge in [-0.3, -0.25) is 0 Å². The summed E-state index contributed by atoms with van der Waals surface area (Å²) in [5.41, 5.74) is -0.646. The van der Waals surface area contributed by atoms with Crippen LogP contribution in [-0.4, -0.2) is 11.9 Å². The van der Waals surface area contributed by atoms with Gasteiger partial charge in [0.1, 0.15) is 5.75 Å². The van der Waals surface area contributed by atoms with Crippen molar-refractivity contribution >= 4 is 15.9 Å². The van der Waals surface area contributed by atoms with Crippen LogP contribution in [0.3, 0.4) is 0 Å². The molecule has 0 aliphatic carbocycles. The molecule has 1 aromatic rings. The first-order valence-electron chi connectivity index (χ1n) is 5.90. The van der Waals surface area contributed by atoms with Gasteiger partial charge in [-0.25, -0.2) is 0 Å². The summed E-state index contributed by atoms with van der Waals surface area (Å²) in [6, 6.07) is 4.81. The molecule has 0 unspecified atom stereocenters. The summed E-state index contributed by atoms with van der Waals surface area (Å²) in [6.45, 7) is 0.549. The fraction of sp³-hybridized carbons (Fsp3) is 0.538. The number of benzene rings is 1. The van der Waals surface area contributed by atoms with Crippen molar-refractivity contribution in [3.05, 3.63) is 29.8 Å². The first kappa shape index (κ1) is 15.3. The minimum atomic E-state index is -4.28. The molecule has 0 aliphatic heterocycles. The second-order valence-electron chi connectivity index (χ2n) is 3.97. The molecule has 0 atom stereocenters. The molecular weight excluding hydrogens is 309 g/mol. The van der Waals surface area contributed by atoms with Crippen molar-refractivity contribution in [2.24, 2.45) is 0 Å². The van der Waals surface area contributed by atoms with Gasteiger partial charge in [0.25, 0.3) is 0 Å². The predicted molar refractivity (Wildman–Crippen MR) is 69.2 cm³/mol. The maximum Gasteiger partial charge on any atom is 0.416 e. The maximum absolute atomic E-state index is 12.3. The molecule has 102 valence electrons. The van der Waals surface area contributed by atoms with E-state index in [0.29, 0.717) is 12.4 Å². The van der Waals surface area contributed by atoms with E-state index >= 15 is 0 Å². The molecule has 0 N–H and O–H groups in total. The SMILES string of the molecule is FC(F)(F)c1ccc(OCCCCCCBr)cc1. The normalized spacial score (nSPS) is 11.6. The van der Waals surface area contributed by atoms with Gasteiger partial charge in [0.05, 0.1) is 12.2 Å². The summed E-state index contributed by atoms with van der Waals surface area (Å²) in [6.07, 6.45) is -0.00360. The summed E-state index contributed by atoms with van der Waals surface area (Å²) in [7, 11) is 0. The van der Waals surface area contributed by atoms with E-state index in [1.54, 1.807) is 0 Å². The lowest BCUT2D eigenvalue weighted by Crippen LogP contribution is -2.04. The van der Waals surface area contributed by atoms with Crippen LogP contribution in [0.1, 0.15) is 31.2 Å². The van der Waals surface area contributed by atoms with Gasteiger partial charge in [-0.2, -0.15) is 13.2 Å². The maximum atomic E-state index is 12.3. The Bertz CT molecular complexity index is 335. The minimum Gasteiger partial charge on any atom is -0.494 e. The highest BCUT2D eigenvalue weighted by molar-refractivity contribution is 9.09. The fourth-order valence-corrected chi connectivity index (χ4v) is 1.88. The Kier molecular flexibility index (Phi) is 6.54. The van der Waals surface area contributed by atoms with Crippen molar-refractivity contribution in [2.75, 3.05) is 11.9 Å². The largest absolute Gasteiger partial charge is 0.494 e. The van der Waals surface area contributed by atoms with Crippen molar-refractivity contribution in [1.82, 2.24) is 0 Å². The molecule has 0 aliphatic rings. The molecule has 0 saturated heterocycles. The zero-order chi connectivity index (χ0) is 13.4. The average molecular weight is 325 g/mol. The summed E-state index contributed by atoms with van der Waals surface area (Å²) in [4.78, 5) is 0. The smallest absolute Gasteiger partial charge is 0.416 e. The van der Waals surface area contributed by atoms with E-state index in [1.165, 1.54) is 12.1 Å². The number of alkyl halides is 4. The Morgan fingerprint density at radius 3 is 2.11 bits per heavy atom. The van der Waals surface area contributed by atoms with Crippen LogP contribution in [-0.2, 0) is 6.18 Å². The molecule has 0 fully saturated rings. The second kappa shape index (κ2) is 7.67. The highest BCUT2D eigenvalue weighted by Crippen LogP contribution is 2.30. The molecule has 0 spiro atoms. The van der Waals surface area contributed by atoms with Crippen molar-refractivity contribution in [3.63, 3.8) is 0 Å². The predicted octanol–water partition coefficient (Wildman–Crippen LogP) is 5.04. The third-order valence-electron chi connectivity index (χ3n) is 2.48. The van der Waals surface area contributed by atoms with E-state index in [1.807, 2.05) is 0 Å². The Morgan fingerprint density at radius 2 is 1.56 bits per heavy atom. The lowest BCUT2D eigenvalue weighted by molar-refractivity contribution is -0.137. The van der Waals surface area contributed by atoms with Gasteiger partial charge in [0.2, 0.25) is 0 Å². The Hall–Kier alpha value is -0.710. The van der Waals surface area contributed by atoms with Gasteiger partial charge < -0.3 is 4.74 Å². The molecule has 0 bridgehead atoms. The lowest BCUT2D eigenvalue weighted by Gasteiger charge is -2.09.